The number of nitrogens with two attached hydrogens (primary N) is 1. The summed E-state index contributed by atoms with van der Waals surface area (Å²) in [4.78, 5) is 34.4. The predicted octanol–water partition coefficient (Wildman–Crippen LogP) is 0.565. The van der Waals surface area contributed by atoms with Crippen LogP contribution in [0.2, 0.25) is 0 Å². The van der Waals surface area contributed by atoms with Crippen LogP contribution in [0.5, 0.6) is 0 Å². The first-order chi connectivity index (χ1) is 9.27. The summed E-state index contributed by atoms with van der Waals surface area (Å²) in [7, 11) is 0. The Hall–Kier alpha value is -2.37. The van der Waals surface area contributed by atoms with Crippen molar-refractivity contribution >= 4 is 23.4 Å². The van der Waals surface area contributed by atoms with E-state index in [4.69, 9.17) is 5.73 Å². The van der Waals surface area contributed by atoms with Gasteiger partial charge in [0.15, 0.2) is 0 Å². The van der Waals surface area contributed by atoms with E-state index in [0.717, 1.165) is 11.3 Å². The van der Waals surface area contributed by atoms with Crippen LogP contribution in [0.4, 0.5) is 5.69 Å². The van der Waals surface area contributed by atoms with Crippen molar-refractivity contribution < 1.29 is 14.4 Å². The quantitative estimate of drug-likeness (QED) is 0.748. The number of nitrogens with one attached hydrogen (secondary N) is 2. The van der Waals surface area contributed by atoms with E-state index in [0.29, 0.717) is 5.56 Å². The maximum Gasteiger partial charge on any atom is 0.251 e. The number of hydrogen-bond acceptors (Lipinski definition) is 3. The van der Waals surface area contributed by atoms with Crippen LogP contribution in [-0.2, 0) is 16.0 Å². The van der Waals surface area contributed by atoms with Crippen LogP contribution in [0.1, 0.15) is 36.2 Å². The summed E-state index contributed by atoms with van der Waals surface area (Å²) in [5, 5.41) is 5.47. The molecular formula is C14H17N3O3. The van der Waals surface area contributed by atoms with Crippen LogP contribution in [0.3, 0.4) is 0 Å². The summed E-state index contributed by atoms with van der Waals surface area (Å²) in [6.45, 7) is 3.46. The van der Waals surface area contributed by atoms with Gasteiger partial charge in [0.1, 0.15) is 0 Å². The zero-order valence-electron chi connectivity index (χ0n) is 11.4. The van der Waals surface area contributed by atoms with Crippen LogP contribution in [-0.4, -0.2) is 23.3 Å². The molecule has 106 valence electrons. The van der Waals surface area contributed by atoms with Gasteiger partial charge in [0, 0.05) is 23.2 Å². The maximum absolute atomic E-state index is 12.2. The molecule has 6 nitrogen and oxygen atoms in total. The van der Waals surface area contributed by atoms with Crippen LogP contribution in [0.25, 0.3) is 0 Å². The molecule has 0 aromatic heterocycles. The molecule has 0 atom stereocenters. The second kappa shape index (κ2) is 4.96. The van der Waals surface area contributed by atoms with Crippen molar-refractivity contribution in [2.45, 2.75) is 32.2 Å². The molecule has 0 radical (unpaired) electrons. The van der Waals surface area contributed by atoms with E-state index >= 15 is 0 Å². The summed E-state index contributed by atoms with van der Waals surface area (Å²) in [5.74, 6) is -0.843. The predicted molar refractivity (Wildman–Crippen MR) is 74.1 cm³/mol. The van der Waals surface area contributed by atoms with E-state index in [1.807, 2.05) is 0 Å². The van der Waals surface area contributed by atoms with Gasteiger partial charge in [0.2, 0.25) is 11.8 Å². The van der Waals surface area contributed by atoms with E-state index in [1.165, 1.54) is 0 Å². The monoisotopic (exact) mass is 275 g/mol. The first-order valence-electron chi connectivity index (χ1n) is 6.30. The number of rotatable bonds is 4. The third kappa shape index (κ3) is 3.14. The molecule has 1 aromatic rings. The fourth-order valence-electron chi connectivity index (χ4n) is 2.23. The van der Waals surface area contributed by atoms with Gasteiger partial charge in [-0.25, -0.2) is 0 Å². The van der Waals surface area contributed by atoms with Crippen molar-refractivity contribution in [3.63, 3.8) is 0 Å². The number of hydrogen-bond donors (Lipinski definition) is 3. The van der Waals surface area contributed by atoms with Gasteiger partial charge in [-0.2, -0.15) is 0 Å². The Morgan fingerprint density at radius 3 is 2.75 bits per heavy atom. The topological polar surface area (TPSA) is 101 Å². The summed E-state index contributed by atoms with van der Waals surface area (Å²) in [6.07, 6.45) is 0.338. The van der Waals surface area contributed by atoms with Crippen molar-refractivity contribution in [1.82, 2.24) is 5.32 Å². The average Bonchev–Trinajstić information content (AvgIpc) is 2.64. The van der Waals surface area contributed by atoms with Gasteiger partial charge in [0.05, 0.1) is 6.42 Å². The van der Waals surface area contributed by atoms with Gasteiger partial charge in [0.25, 0.3) is 5.91 Å². The fraction of sp³-hybridized carbons (Fsp3) is 0.357. The molecule has 1 aliphatic rings. The highest BCUT2D eigenvalue weighted by atomic mass is 16.2. The fourth-order valence-corrected chi connectivity index (χ4v) is 2.23. The van der Waals surface area contributed by atoms with E-state index in [2.05, 4.69) is 10.6 Å². The van der Waals surface area contributed by atoms with Crippen LogP contribution < -0.4 is 16.4 Å². The minimum Gasteiger partial charge on any atom is -0.370 e. The van der Waals surface area contributed by atoms with Gasteiger partial charge >= 0.3 is 0 Å². The second-order valence-corrected chi connectivity index (χ2v) is 5.58. The molecule has 0 fully saturated rings. The number of benzene rings is 1. The van der Waals surface area contributed by atoms with E-state index < -0.39 is 11.4 Å². The van der Waals surface area contributed by atoms with Gasteiger partial charge in [-0.3, -0.25) is 14.4 Å². The zero-order valence-corrected chi connectivity index (χ0v) is 11.4. The Morgan fingerprint density at radius 2 is 2.10 bits per heavy atom. The average molecular weight is 275 g/mol. The van der Waals surface area contributed by atoms with Crippen molar-refractivity contribution in [3.05, 3.63) is 29.3 Å². The molecule has 20 heavy (non-hydrogen) atoms. The Kier molecular flexibility index (Phi) is 3.48. The molecule has 4 N–H and O–H groups in total. The van der Waals surface area contributed by atoms with E-state index in [-0.39, 0.29) is 24.7 Å². The molecule has 2 rings (SSSR count). The van der Waals surface area contributed by atoms with Crippen molar-refractivity contribution in [1.29, 1.82) is 0 Å². The molecule has 0 unspecified atom stereocenters. The Morgan fingerprint density at radius 1 is 1.40 bits per heavy atom. The minimum atomic E-state index is -0.712. The zero-order chi connectivity index (χ0) is 14.9. The molecule has 1 aromatic carbocycles. The van der Waals surface area contributed by atoms with Crippen molar-refractivity contribution in [3.8, 4) is 0 Å². The lowest BCUT2D eigenvalue weighted by atomic mass is 9.99. The Bertz CT molecular complexity index is 593. The van der Waals surface area contributed by atoms with Gasteiger partial charge in [-0.05, 0) is 37.6 Å². The number of carbonyl (C=O) groups excluding carboxylic acids is 3. The third-order valence-electron chi connectivity index (χ3n) is 3.06. The standard InChI is InChI=1S/C14H17N3O3/c1-14(2,7-11(15)18)17-13(20)8-3-4-10-9(5-8)6-12(19)16-10/h3-5H,6-7H2,1-2H3,(H2,15,18)(H,16,19)(H,17,20). The number of amides is 3. The summed E-state index contributed by atoms with van der Waals surface area (Å²) < 4.78 is 0. The molecular weight excluding hydrogens is 258 g/mol. The molecule has 3 amide bonds. The lowest BCUT2D eigenvalue weighted by Gasteiger charge is -2.24. The molecule has 1 heterocycles. The summed E-state index contributed by atoms with van der Waals surface area (Å²) in [6, 6.07) is 5.03. The van der Waals surface area contributed by atoms with Gasteiger partial charge in [-0.1, -0.05) is 0 Å². The largest absolute Gasteiger partial charge is 0.370 e. The van der Waals surface area contributed by atoms with Crippen molar-refractivity contribution in [2.75, 3.05) is 5.32 Å². The molecule has 0 aliphatic carbocycles. The van der Waals surface area contributed by atoms with E-state index in [1.54, 1.807) is 32.0 Å². The first-order valence-corrected chi connectivity index (χ1v) is 6.30. The minimum absolute atomic E-state index is 0.0592. The third-order valence-corrected chi connectivity index (χ3v) is 3.06. The highest BCUT2D eigenvalue weighted by Gasteiger charge is 2.25. The molecule has 6 heteroatoms. The summed E-state index contributed by atoms with van der Waals surface area (Å²) in [5.41, 5.74) is 6.43. The number of fused-ring (bicyclic) bond motifs is 1. The van der Waals surface area contributed by atoms with Gasteiger partial charge < -0.3 is 16.4 Å². The molecule has 0 spiro atoms. The Balaban J connectivity index is 2.13. The number of anilines is 1. The van der Waals surface area contributed by atoms with E-state index in [9.17, 15) is 14.4 Å². The second-order valence-electron chi connectivity index (χ2n) is 5.58. The molecule has 0 saturated carbocycles. The van der Waals surface area contributed by atoms with Crippen molar-refractivity contribution in [2.24, 2.45) is 5.73 Å². The number of carbonyl (C=O) groups is 3. The highest BCUT2D eigenvalue weighted by molar-refractivity contribution is 6.01. The first kappa shape index (κ1) is 14.0. The smallest absolute Gasteiger partial charge is 0.251 e. The van der Waals surface area contributed by atoms with Crippen LogP contribution >= 0.6 is 0 Å². The normalized spacial score (nSPS) is 13.6. The highest BCUT2D eigenvalue weighted by Crippen LogP contribution is 2.24. The SMILES string of the molecule is CC(C)(CC(N)=O)NC(=O)c1ccc2c(c1)CC(=O)N2. The lowest BCUT2D eigenvalue weighted by molar-refractivity contribution is -0.119. The molecule has 0 saturated heterocycles. The van der Waals surface area contributed by atoms with Gasteiger partial charge in [-0.15, -0.1) is 0 Å². The Labute approximate surface area is 116 Å². The summed E-state index contributed by atoms with van der Waals surface area (Å²) >= 11 is 0. The molecule has 1 aliphatic heterocycles. The maximum atomic E-state index is 12.2. The molecule has 0 bridgehead atoms. The van der Waals surface area contributed by atoms with Crippen LogP contribution in [0, 0.1) is 0 Å². The lowest BCUT2D eigenvalue weighted by Crippen LogP contribution is -2.46. The number of primary amides is 1. The van der Waals surface area contributed by atoms with Crippen LogP contribution in [0.15, 0.2) is 18.2 Å².